The van der Waals surface area contributed by atoms with Gasteiger partial charge >= 0.3 is 0 Å². The standard InChI is InChI=1S/C6H7ClN4O2S/c1-13-11-3(5(8)12)2-4(7)14-6(9)10-2/h1H3,(H2,8,12)(H2,9,10). The van der Waals surface area contributed by atoms with Crippen LogP contribution in [0.15, 0.2) is 5.16 Å². The van der Waals surface area contributed by atoms with Gasteiger partial charge in [-0.25, -0.2) is 4.98 Å². The zero-order valence-corrected chi connectivity index (χ0v) is 8.72. The third-order valence-corrected chi connectivity index (χ3v) is 2.33. The second kappa shape index (κ2) is 4.25. The van der Waals surface area contributed by atoms with Crippen molar-refractivity contribution in [3.8, 4) is 0 Å². The van der Waals surface area contributed by atoms with E-state index in [2.05, 4.69) is 15.0 Å². The van der Waals surface area contributed by atoms with Crippen LogP contribution in [0.5, 0.6) is 0 Å². The van der Waals surface area contributed by atoms with Gasteiger partial charge in [-0.3, -0.25) is 4.79 Å². The fourth-order valence-electron chi connectivity index (χ4n) is 0.759. The minimum atomic E-state index is -0.779. The smallest absolute Gasteiger partial charge is 0.273 e. The second-order valence-corrected chi connectivity index (χ2v) is 3.79. The first-order valence-corrected chi connectivity index (χ1v) is 4.58. The van der Waals surface area contributed by atoms with E-state index in [4.69, 9.17) is 23.1 Å². The van der Waals surface area contributed by atoms with Gasteiger partial charge in [0, 0.05) is 0 Å². The van der Waals surface area contributed by atoms with Crippen molar-refractivity contribution in [3.05, 3.63) is 10.0 Å². The van der Waals surface area contributed by atoms with Crippen LogP contribution >= 0.6 is 22.9 Å². The molecule has 1 aromatic rings. The third-order valence-electron chi connectivity index (χ3n) is 1.24. The molecule has 0 spiro atoms. The number of nitrogens with zero attached hydrogens (tertiary/aromatic N) is 2. The van der Waals surface area contributed by atoms with Crippen LogP contribution in [-0.4, -0.2) is 23.7 Å². The number of aromatic nitrogens is 1. The van der Waals surface area contributed by atoms with Gasteiger partial charge in [0.1, 0.15) is 17.1 Å². The van der Waals surface area contributed by atoms with Crippen LogP contribution in [0.3, 0.4) is 0 Å². The number of hydrogen-bond acceptors (Lipinski definition) is 6. The predicted molar refractivity (Wildman–Crippen MR) is 54.3 cm³/mol. The Balaban J connectivity index is 3.18. The number of carbonyl (C=O) groups excluding carboxylic acids is 1. The number of nitrogens with two attached hydrogens (primary N) is 2. The molecule has 0 atom stereocenters. The molecule has 0 bridgehead atoms. The lowest BCUT2D eigenvalue weighted by molar-refractivity contribution is -0.112. The van der Waals surface area contributed by atoms with Gasteiger partial charge in [-0.1, -0.05) is 28.1 Å². The average molecular weight is 235 g/mol. The summed E-state index contributed by atoms with van der Waals surface area (Å²) >= 11 is 6.78. The number of amides is 1. The average Bonchev–Trinajstić information content (AvgIpc) is 2.40. The lowest BCUT2D eigenvalue weighted by atomic mass is 10.3. The Morgan fingerprint density at radius 2 is 2.36 bits per heavy atom. The van der Waals surface area contributed by atoms with Crippen molar-refractivity contribution in [2.45, 2.75) is 0 Å². The number of halogens is 1. The normalized spacial score (nSPS) is 11.4. The van der Waals surface area contributed by atoms with Crippen LogP contribution in [0.2, 0.25) is 4.34 Å². The van der Waals surface area contributed by atoms with Crippen molar-refractivity contribution in [1.82, 2.24) is 4.98 Å². The summed E-state index contributed by atoms with van der Waals surface area (Å²) in [5, 5.41) is 3.65. The number of oxime groups is 1. The summed E-state index contributed by atoms with van der Waals surface area (Å²) in [6.45, 7) is 0. The Morgan fingerprint density at radius 3 is 2.71 bits per heavy atom. The summed E-state index contributed by atoms with van der Waals surface area (Å²) in [5.41, 5.74) is 10.4. The molecule has 8 heteroatoms. The van der Waals surface area contributed by atoms with Crippen molar-refractivity contribution in [2.24, 2.45) is 10.9 Å². The molecule has 4 N–H and O–H groups in total. The molecule has 1 aromatic heterocycles. The van der Waals surface area contributed by atoms with Gasteiger partial charge in [0.25, 0.3) is 5.91 Å². The molecule has 6 nitrogen and oxygen atoms in total. The molecule has 0 aromatic carbocycles. The summed E-state index contributed by atoms with van der Waals surface area (Å²) in [7, 11) is 1.28. The van der Waals surface area contributed by atoms with E-state index < -0.39 is 5.91 Å². The first-order valence-electron chi connectivity index (χ1n) is 3.39. The van der Waals surface area contributed by atoms with Crippen LogP contribution in [0.4, 0.5) is 5.13 Å². The number of carbonyl (C=O) groups is 1. The largest absolute Gasteiger partial charge is 0.398 e. The maximum Gasteiger partial charge on any atom is 0.273 e. The second-order valence-electron chi connectivity index (χ2n) is 2.16. The summed E-state index contributed by atoms with van der Waals surface area (Å²) in [6.07, 6.45) is 0. The molecular formula is C6H7ClN4O2S. The van der Waals surface area contributed by atoms with E-state index in [1.54, 1.807) is 0 Å². The van der Waals surface area contributed by atoms with Gasteiger partial charge in [0.15, 0.2) is 10.8 Å². The monoisotopic (exact) mass is 234 g/mol. The predicted octanol–water partition coefficient (Wildman–Crippen LogP) is 0.215. The van der Waals surface area contributed by atoms with E-state index >= 15 is 0 Å². The maximum atomic E-state index is 10.9. The van der Waals surface area contributed by atoms with Crippen LogP contribution in [-0.2, 0) is 9.63 Å². The molecule has 0 aliphatic heterocycles. The lowest BCUT2D eigenvalue weighted by Gasteiger charge is -1.96. The van der Waals surface area contributed by atoms with Gasteiger partial charge in [-0.2, -0.15) is 0 Å². The van der Waals surface area contributed by atoms with E-state index in [1.165, 1.54) is 7.11 Å². The summed E-state index contributed by atoms with van der Waals surface area (Å²) in [6, 6.07) is 0. The highest BCUT2D eigenvalue weighted by Crippen LogP contribution is 2.26. The fraction of sp³-hybridized carbons (Fsp3) is 0.167. The zero-order valence-electron chi connectivity index (χ0n) is 7.15. The molecular weight excluding hydrogens is 228 g/mol. The van der Waals surface area contributed by atoms with Crippen molar-refractivity contribution < 1.29 is 9.63 Å². The summed E-state index contributed by atoms with van der Waals surface area (Å²) < 4.78 is 0.247. The van der Waals surface area contributed by atoms with Gasteiger partial charge in [0.2, 0.25) is 0 Å². The van der Waals surface area contributed by atoms with Crippen LogP contribution in [0.1, 0.15) is 5.69 Å². The highest BCUT2D eigenvalue weighted by atomic mass is 35.5. The number of thiazole rings is 1. The van der Waals surface area contributed by atoms with E-state index in [1.807, 2.05) is 0 Å². The van der Waals surface area contributed by atoms with Gasteiger partial charge in [-0.05, 0) is 0 Å². The molecule has 14 heavy (non-hydrogen) atoms. The molecule has 0 aliphatic carbocycles. The van der Waals surface area contributed by atoms with E-state index in [0.29, 0.717) is 0 Å². The Labute approximate surface area is 88.5 Å². The van der Waals surface area contributed by atoms with Crippen LogP contribution in [0, 0.1) is 0 Å². The molecule has 0 unspecified atom stereocenters. The van der Waals surface area contributed by atoms with Crippen LogP contribution < -0.4 is 11.5 Å². The highest BCUT2D eigenvalue weighted by Gasteiger charge is 2.19. The maximum absolute atomic E-state index is 10.9. The van der Waals surface area contributed by atoms with Gasteiger partial charge in [0.05, 0.1) is 0 Å². The molecule has 0 fully saturated rings. The summed E-state index contributed by atoms with van der Waals surface area (Å²) in [4.78, 5) is 19.2. The summed E-state index contributed by atoms with van der Waals surface area (Å²) in [5.74, 6) is -0.779. The molecule has 0 saturated carbocycles. The Hall–Kier alpha value is -1.34. The number of rotatable bonds is 3. The Kier molecular flexibility index (Phi) is 3.26. The van der Waals surface area contributed by atoms with Gasteiger partial charge in [-0.15, -0.1) is 0 Å². The molecule has 1 amide bonds. The number of hydrogen-bond donors (Lipinski definition) is 2. The molecule has 1 rings (SSSR count). The molecule has 0 aliphatic rings. The lowest BCUT2D eigenvalue weighted by Crippen LogP contribution is -2.25. The first kappa shape index (κ1) is 10.7. The molecule has 1 heterocycles. The molecule has 0 radical (unpaired) electrons. The minimum Gasteiger partial charge on any atom is -0.398 e. The molecule has 76 valence electrons. The van der Waals surface area contributed by atoms with E-state index in [-0.39, 0.29) is 20.9 Å². The first-order chi connectivity index (χ1) is 6.56. The Bertz CT molecular complexity index is 389. The number of anilines is 1. The third kappa shape index (κ3) is 2.12. The van der Waals surface area contributed by atoms with E-state index in [0.717, 1.165) is 11.3 Å². The highest BCUT2D eigenvalue weighted by molar-refractivity contribution is 7.19. The van der Waals surface area contributed by atoms with Crippen molar-refractivity contribution in [1.29, 1.82) is 0 Å². The van der Waals surface area contributed by atoms with Crippen molar-refractivity contribution >= 4 is 39.7 Å². The zero-order chi connectivity index (χ0) is 10.7. The van der Waals surface area contributed by atoms with E-state index in [9.17, 15) is 4.79 Å². The number of nitrogen functional groups attached to an aromatic ring is 1. The topological polar surface area (TPSA) is 104 Å². The van der Waals surface area contributed by atoms with Crippen molar-refractivity contribution in [3.63, 3.8) is 0 Å². The minimum absolute atomic E-state index is 0.142. The quantitative estimate of drug-likeness (QED) is 0.576. The molecule has 0 saturated heterocycles. The van der Waals surface area contributed by atoms with Gasteiger partial charge < -0.3 is 16.3 Å². The van der Waals surface area contributed by atoms with Crippen LogP contribution in [0.25, 0.3) is 0 Å². The number of primary amides is 1. The fourth-order valence-corrected chi connectivity index (χ4v) is 1.69. The SMILES string of the molecule is CON=C(C(N)=O)c1nc(N)sc1Cl. The van der Waals surface area contributed by atoms with Crippen molar-refractivity contribution in [2.75, 3.05) is 12.8 Å². The Morgan fingerprint density at radius 1 is 1.71 bits per heavy atom.